The van der Waals surface area contributed by atoms with Gasteiger partial charge in [0.2, 0.25) is 5.79 Å². The molecule has 0 aromatic heterocycles. The molecule has 0 unspecified atom stereocenters. The number of hydrogen-bond acceptors (Lipinski definition) is 16. The lowest BCUT2D eigenvalue weighted by atomic mass is 9.98. The fraction of sp³-hybridized carbons (Fsp3) is 1.00. The van der Waals surface area contributed by atoms with Crippen LogP contribution in [0.4, 0.5) is 0 Å². The SMILES string of the molecule is O.OC[C@H]1O[C@H](OC[C@H]2O[C@H](O[C@]3(CO)O[C@H](CO)[C@@H](O)[C@@H]3O)[C@H](O)[C@@H](O)[C@@H]2O)[C@H](O)[C@@H](O)[C@H]1O. The van der Waals surface area contributed by atoms with Gasteiger partial charge < -0.3 is 85.3 Å². The Hall–Kier alpha value is -0.680. The highest BCUT2D eigenvalue weighted by molar-refractivity contribution is 4.98. The molecule has 3 rings (SSSR count). The zero-order valence-corrected chi connectivity index (χ0v) is 18.3. The minimum Gasteiger partial charge on any atom is -0.412 e. The molecule has 13 N–H and O–H groups in total. The lowest BCUT2D eigenvalue weighted by Crippen LogP contribution is -2.63. The second-order valence-corrected chi connectivity index (χ2v) is 8.41. The minimum absolute atomic E-state index is 0. The van der Waals surface area contributed by atoms with Gasteiger partial charge in [0.05, 0.1) is 19.8 Å². The van der Waals surface area contributed by atoms with Crippen LogP contribution in [-0.4, -0.2) is 174 Å². The first-order chi connectivity index (χ1) is 16.0. The molecule has 0 spiro atoms. The van der Waals surface area contributed by atoms with Gasteiger partial charge in [0.15, 0.2) is 12.6 Å². The summed E-state index contributed by atoms with van der Waals surface area (Å²) in [7, 11) is 0. The van der Waals surface area contributed by atoms with Gasteiger partial charge in [-0.2, -0.15) is 0 Å². The van der Waals surface area contributed by atoms with E-state index in [0.717, 1.165) is 0 Å². The lowest BCUT2D eigenvalue weighted by molar-refractivity contribution is -0.388. The van der Waals surface area contributed by atoms with Crippen LogP contribution in [0.25, 0.3) is 0 Å². The van der Waals surface area contributed by atoms with E-state index in [4.69, 9.17) is 23.7 Å². The summed E-state index contributed by atoms with van der Waals surface area (Å²) in [6.45, 7) is -3.14. The highest BCUT2D eigenvalue weighted by atomic mass is 16.8. The van der Waals surface area contributed by atoms with Gasteiger partial charge in [-0.25, -0.2) is 0 Å². The molecule has 3 fully saturated rings. The highest BCUT2D eigenvalue weighted by Crippen LogP contribution is 2.36. The molecular formula is C18H34O17. The fourth-order valence-corrected chi connectivity index (χ4v) is 4.01. The van der Waals surface area contributed by atoms with E-state index in [1.807, 2.05) is 0 Å². The van der Waals surface area contributed by atoms with Gasteiger partial charge in [0.1, 0.15) is 73.8 Å². The average molecular weight is 522 g/mol. The Kier molecular flexibility index (Phi) is 10.7. The molecule has 208 valence electrons. The van der Waals surface area contributed by atoms with E-state index in [1.165, 1.54) is 0 Å². The van der Waals surface area contributed by atoms with Gasteiger partial charge >= 0.3 is 0 Å². The largest absolute Gasteiger partial charge is 0.412 e. The number of rotatable bonds is 8. The predicted molar refractivity (Wildman–Crippen MR) is 105 cm³/mol. The highest BCUT2D eigenvalue weighted by Gasteiger charge is 2.58. The van der Waals surface area contributed by atoms with E-state index in [0.29, 0.717) is 0 Å². The average Bonchev–Trinajstić information content (AvgIpc) is 3.08. The van der Waals surface area contributed by atoms with E-state index in [1.54, 1.807) is 0 Å². The number of aliphatic hydroxyl groups excluding tert-OH is 11. The van der Waals surface area contributed by atoms with E-state index >= 15 is 0 Å². The molecule has 35 heavy (non-hydrogen) atoms. The summed E-state index contributed by atoms with van der Waals surface area (Å²) in [6, 6.07) is 0. The van der Waals surface area contributed by atoms with E-state index in [-0.39, 0.29) is 5.48 Å². The van der Waals surface area contributed by atoms with Crippen molar-refractivity contribution in [2.75, 3.05) is 26.4 Å². The van der Waals surface area contributed by atoms with Crippen LogP contribution in [0.3, 0.4) is 0 Å². The van der Waals surface area contributed by atoms with Gasteiger partial charge in [-0.15, -0.1) is 0 Å². The summed E-state index contributed by atoms with van der Waals surface area (Å²) < 4.78 is 26.4. The summed E-state index contributed by atoms with van der Waals surface area (Å²) in [4.78, 5) is 0. The van der Waals surface area contributed by atoms with Crippen LogP contribution in [0.1, 0.15) is 0 Å². The Morgan fingerprint density at radius 2 is 1.11 bits per heavy atom. The van der Waals surface area contributed by atoms with Crippen molar-refractivity contribution in [1.82, 2.24) is 0 Å². The van der Waals surface area contributed by atoms with Crippen LogP contribution in [0.15, 0.2) is 0 Å². The monoisotopic (exact) mass is 522 g/mol. The van der Waals surface area contributed by atoms with E-state index in [2.05, 4.69) is 0 Å². The summed E-state index contributed by atoms with van der Waals surface area (Å²) in [5.41, 5.74) is 0. The Balaban J connectivity index is 0.00000432. The molecule has 17 nitrogen and oxygen atoms in total. The molecule has 3 heterocycles. The van der Waals surface area contributed by atoms with Crippen molar-refractivity contribution < 1.29 is 85.3 Å². The van der Waals surface area contributed by atoms with Gasteiger partial charge in [0.25, 0.3) is 0 Å². The molecule has 17 heteroatoms. The smallest absolute Gasteiger partial charge is 0.224 e. The van der Waals surface area contributed by atoms with Gasteiger partial charge in [-0.1, -0.05) is 0 Å². The van der Waals surface area contributed by atoms with Crippen molar-refractivity contribution in [3.8, 4) is 0 Å². The second kappa shape index (κ2) is 12.2. The van der Waals surface area contributed by atoms with Crippen molar-refractivity contribution in [3.63, 3.8) is 0 Å². The van der Waals surface area contributed by atoms with Crippen molar-refractivity contribution in [2.45, 2.75) is 85.5 Å². The maximum atomic E-state index is 10.3. The van der Waals surface area contributed by atoms with Crippen molar-refractivity contribution >= 4 is 0 Å². The zero-order valence-electron chi connectivity index (χ0n) is 18.3. The Bertz CT molecular complexity index is 655. The summed E-state index contributed by atoms with van der Waals surface area (Å²) in [6.07, 6.45) is -21.8. The topological polar surface area (TPSA) is 300 Å². The molecule has 0 aromatic carbocycles. The third-order valence-electron chi connectivity index (χ3n) is 6.16. The van der Waals surface area contributed by atoms with Crippen LogP contribution in [0.5, 0.6) is 0 Å². The molecular weight excluding hydrogens is 488 g/mol. The third-order valence-corrected chi connectivity index (χ3v) is 6.16. The Morgan fingerprint density at radius 1 is 0.600 bits per heavy atom. The molecule has 0 aromatic rings. The summed E-state index contributed by atoms with van der Waals surface area (Å²) in [5, 5.41) is 109. The summed E-state index contributed by atoms with van der Waals surface area (Å²) >= 11 is 0. The fourth-order valence-electron chi connectivity index (χ4n) is 4.01. The molecule has 3 saturated heterocycles. The molecule has 0 saturated carbocycles. The molecule has 3 aliphatic heterocycles. The van der Waals surface area contributed by atoms with E-state index in [9.17, 15) is 56.2 Å². The molecule has 0 amide bonds. The molecule has 14 atom stereocenters. The minimum atomic E-state index is -2.36. The Labute approximate surface area is 198 Å². The van der Waals surface area contributed by atoms with Crippen LogP contribution < -0.4 is 0 Å². The second-order valence-electron chi connectivity index (χ2n) is 8.41. The molecule has 0 bridgehead atoms. The molecule has 0 aliphatic carbocycles. The normalized spacial score (nSPS) is 50.7. The van der Waals surface area contributed by atoms with Gasteiger partial charge in [-0.05, 0) is 0 Å². The van der Waals surface area contributed by atoms with Crippen LogP contribution in [0.2, 0.25) is 0 Å². The molecule has 0 radical (unpaired) electrons. The zero-order chi connectivity index (χ0) is 25.4. The molecule has 3 aliphatic rings. The standard InChI is InChI=1S/C18H32O16.H2O/c19-1-5-8(22)11(25)13(27)16(31-5)30-3-7-9(23)12(26)14(28)17(32-7)34-18(4-21)15(29)10(24)6(2-20)33-18;/h5-17,19-29H,1-4H2;1H2/t5-,6-,7-,8+,9-,10-,11+,12+,13-,14-,15+,16+,17-,18+;/m1./s1. The van der Waals surface area contributed by atoms with Crippen LogP contribution >= 0.6 is 0 Å². The first kappa shape index (κ1) is 30.5. The Morgan fingerprint density at radius 3 is 1.63 bits per heavy atom. The quantitative estimate of drug-likeness (QED) is 0.141. The van der Waals surface area contributed by atoms with Crippen LogP contribution in [-0.2, 0) is 23.7 Å². The van der Waals surface area contributed by atoms with Crippen molar-refractivity contribution in [1.29, 1.82) is 0 Å². The maximum Gasteiger partial charge on any atom is 0.224 e. The first-order valence-electron chi connectivity index (χ1n) is 10.6. The summed E-state index contributed by atoms with van der Waals surface area (Å²) in [5.74, 6) is -2.36. The van der Waals surface area contributed by atoms with Gasteiger partial charge in [0, 0.05) is 0 Å². The van der Waals surface area contributed by atoms with Gasteiger partial charge in [-0.3, -0.25) is 0 Å². The first-order valence-corrected chi connectivity index (χ1v) is 10.6. The number of ether oxygens (including phenoxy) is 5. The lowest BCUT2D eigenvalue weighted by Gasteiger charge is -2.44. The van der Waals surface area contributed by atoms with Crippen molar-refractivity contribution in [2.24, 2.45) is 0 Å². The number of aliphatic hydroxyl groups is 11. The van der Waals surface area contributed by atoms with E-state index < -0.39 is 112 Å². The maximum absolute atomic E-state index is 10.3. The van der Waals surface area contributed by atoms with Crippen LogP contribution in [0, 0.1) is 0 Å². The third kappa shape index (κ3) is 5.76. The number of hydrogen-bond donors (Lipinski definition) is 11. The predicted octanol–water partition coefficient (Wildman–Crippen LogP) is -8.40. The van der Waals surface area contributed by atoms with Crippen molar-refractivity contribution in [3.05, 3.63) is 0 Å².